The Morgan fingerprint density at radius 3 is 2.85 bits per heavy atom. The molecule has 1 aromatic heterocycles. The summed E-state index contributed by atoms with van der Waals surface area (Å²) in [5.74, 6) is -0.224. The van der Waals surface area contributed by atoms with Crippen LogP contribution in [0.15, 0.2) is 24.3 Å². The minimum Gasteiger partial charge on any atom is -0.350 e. The van der Waals surface area contributed by atoms with E-state index in [1.165, 1.54) is 0 Å². The molecule has 0 radical (unpaired) electrons. The molecule has 1 fully saturated rings. The van der Waals surface area contributed by atoms with Gasteiger partial charge in [-0.1, -0.05) is 32.0 Å². The maximum Gasteiger partial charge on any atom is 0.272 e. The third kappa shape index (κ3) is 4.16. The molecule has 8 heteroatoms. The standard InChI is InChI=1S/C18H25N5O2.ClH/c1-18(2)11-23(10-8-14(18)19)15(24)7-9-20-17(25)16-12-5-3-4-6-13(12)21-22-16;/h3-6,14H,7-11,19H2,1-2H3,(H,20,25)(H,21,22);1H. The van der Waals surface area contributed by atoms with Crippen LogP contribution in [0.5, 0.6) is 0 Å². The van der Waals surface area contributed by atoms with Gasteiger partial charge in [-0.25, -0.2) is 0 Å². The van der Waals surface area contributed by atoms with Crippen LogP contribution in [0.4, 0.5) is 0 Å². The Hall–Kier alpha value is -2.12. The molecule has 7 nitrogen and oxygen atoms in total. The first-order valence-electron chi connectivity index (χ1n) is 8.63. The number of fused-ring (bicyclic) bond motifs is 1. The zero-order valence-corrected chi connectivity index (χ0v) is 15.9. The lowest BCUT2D eigenvalue weighted by Gasteiger charge is -2.42. The number of piperidine rings is 1. The molecule has 3 rings (SSSR count). The largest absolute Gasteiger partial charge is 0.350 e. The number of rotatable bonds is 4. The Morgan fingerprint density at radius 1 is 1.38 bits per heavy atom. The quantitative estimate of drug-likeness (QED) is 0.751. The highest BCUT2D eigenvalue weighted by atomic mass is 35.5. The number of hydrogen-bond donors (Lipinski definition) is 3. The summed E-state index contributed by atoms with van der Waals surface area (Å²) in [6.07, 6.45) is 1.09. The van der Waals surface area contributed by atoms with Crippen molar-refractivity contribution in [2.75, 3.05) is 19.6 Å². The number of aromatic amines is 1. The predicted octanol–water partition coefficient (Wildman–Crippen LogP) is 1.69. The molecule has 142 valence electrons. The van der Waals surface area contributed by atoms with Gasteiger partial charge in [0.25, 0.3) is 5.91 Å². The summed E-state index contributed by atoms with van der Waals surface area (Å²) in [5, 5.41) is 10.5. The molecule has 1 aromatic carbocycles. The smallest absolute Gasteiger partial charge is 0.272 e. The average molecular weight is 380 g/mol. The SMILES string of the molecule is CC1(C)CN(C(=O)CCNC(=O)c2n[nH]c3ccccc23)CCC1N.Cl. The lowest BCUT2D eigenvalue weighted by Crippen LogP contribution is -2.54. The number of nitrogens with zero attached hydrogens (tertiary/aromatic N) is 2. The van der Waals surface area contributed by atoms with Crippen LogP contribution in [0.2, 0.25) is 0 Å². The second-order valence-corrected chi connectivity index (χ2v) is 7.32. The van der Waals surface area contributed by atoms with Gasteiger partial charge < -0.3 is 16.0 Å². The molecule has 2 amide bonds. The number of benzene rings is 1. The van der Waals surface area contributed by atoms with E-state index in [1.807, 2.05) is 29.2 Å². The number of carbonyl (C=O) groups excluding carboxylic acids is 2. The zero-order chi connectivity index (χ0) is 18.0. The van der Waals surface area contributed by atoms with Gasteiger partial charge in [0.1, 0.15) is 0 Å². The Bertz CT molecular complexity index is 789. The number of likely N-dealkylation sites (tertiary alicyclic amines) is 1. The zero-order valence-electron chi connectivity index (χ0n) is 15.1. The Kier molecular flexibility index (Phi) is 6.26. The Balaban J connectivity index is 0.00000243. The minimum absolute atomic E-state index is 0. The number of amides is 2. The fourth-order valence-corrected chi connectivity index (χ4v) is 3.25. The minimum atomic E-state index is -0.272. The molecule has 2 heterocycles. The molecule has 1 atom stereocenters. The molecule has 4 N–H and O–H groups in total. The van der Waals surface area contributed by atoms with Gasteiger partial charge in [0.2, 0.25) is 5.91 Å². The molecule has 2 aromatic rings. The van der Waals surface area contributed by atoms with Crippen LogP contribution in [0.25, 0.3) is 10.9 Å². The second kappa shape index (κ2) is 8.05. The first-order valence-corrected chi connectivity index (χ1v) is 8.63. The Labute approximate surface area is 159 Å². The third-order valence-electron chi connectivity index (χ3n) is 4.97. The highest BCUT2D eigenvalue weighted by molar-refractivity contribution is 6.04. The molecule has 0 spiro atoms. The molecule has 26 heavy (non-hydrogen) atoms. The lowest BCUT2D eigenvalue weighted by atomic mass is 9.79. The van der Waals surface area contributed by atoms with Crippen molar-refractivity contribution >= 4 is 35.1 Å². The van der Waals surface area contributed by atoms with Crippen molar-refractivity contribution in [3.8, 4) is 0 Å². The summed E-state index contributed by atoms with van der Waals surface area (Å²) in [4.78, 5) is 26.5. The molecule has 0 aliphatic carbocycles. The fraction of sp³-hybridized carbons (Fsp3) is 0.500. The van der Waals surface area contributed by atoms with Gasteiger partial charge in [0, 0.05) is 37.5 Å². The summed E-state index contributed by atoms with van der Waals surface area (Å²) in [7, 11) is 0. The number of halogens is 1. The van der Waals surface area contributed by atoms with E-state index in [0.29, 0.717) is 25.3 Å². The molecule has 1 saturated heterocycles. The van der Waals surface area contributed by atoms with Crippen molar-refractivity contribution in [2.45, 2.75) is 32.7 Å². The first-order chi connectivity index (χ1) is 11.9. The fourth-order valence-electron chi connectivity index (χ4n) is 3.25. The van der Waals surface area contributed by atoms with Gasteiger partial charge >= 0.3 is 0 Å². The van der Waals surface area contributed by atoms with E-state index >= 15 is 0 Å². The van der Waals surface area contributed by atoms with Crippen LogP contribution in [0.1, 0.15) is 37.2 Å². The average Bonchev–Trinajstić information content (AvgIpc) is 3.01. The number of H-pyrrole nitrogens is 1. The molecule has 0 bridgehead atoms. The number of nitrogens with one attached hydrogen (secondary N) is 2. The summed E-state index contributed by atoms with van der Waals surface area (Å²) in [5.41, 5.74) is 7.20. The van der Waals surface area contributed by atoms with Gasteiger partial charge in [0.15, 0.2) is 5.69 Å². The highest BCUT2D eigenvalue weighted by Crippen LogP contribution is 2.27. The van der Waals surface area contributed by atoms with E-state index in [-0.39, 0.29) is 42.1 Å². The summed E-state index contributed by atoms with van der Waals surface area (Å²) in [6, 6.07) is 7.57. The number of hydrogen-bond acceptors (Lipinski definition) is 4. The van der Waals surface area contributed by atoms with E-state index in [2.05, 4.69) is 29.4 Å². The maximum atomic E-state index is 12.4. The van der Waals surface area contributed by atoms with Crippen molar-refractivity contribution < 1.29 is 9.59 Å². The van der Waals surface area contributed by atoms with Crippen molar-refractivity contribution in [3.63, 3.8) is 0 Å². The van der Waals surface area contributed by atoms with Crippen LogP contribution >= 0.6 is 12.4 Å². The molecule has 1 unspecified atom stereocenters. The Morgan fingerprint density at radius 2 is 2.12 bits per heavy atom. The molecule has 1 aliphatic rings. The van der Waals surface area contributed by atoms with E-state index in [4.69, 9.17) is 5.73 Å². The van der Waals surface area contributed by atoms with E-state index in [0.717, 1.165) is 17.3 Å². The van der Waals surface area contributed by atoms with Crippen molar-refractivity contribution in [1.29, 1.82) is 0 Å². The van der Waals surface area contributed by atoms with Crippen LogP contribution in [0.3, 0.4) is 0 Å². The molecular weight excluding hydrogens is 354 g/mol. The molecule has 1 aliphatic heterocycles. The van der Waals surface area contributed by atoms with Crippen LogP contribution in [-0.2, 0) is 4.79 Å². The predicted molar refractivity (Wildman–Crippen MR) is 103 cm³/mol. The van der Waals surface area contributed by atoms with Crippen LogP contribution < -0.4 is 11.1 Å². The summed E-state index contributed by atoms with van der Waals surface area (Å²) in [6.45, 7) is 5.80. The second-order valence-electron chi connectivity index (χ2n) is 7.32. The first kappa shape index (κ1) is 20.2. The number of nitrogens with two attached hydrogens (primary N) is 1. The summed E-state index contributed by atoms with van der Waals surface area (Å²) < 4.78 is 0. The third-order valence-corrected chi connectivity index (χ3v) is 4.97. The van der Waals surface area contributed by atoms with Gasteiger partial charge in [-0.2, -0.15) is 5.10 Å². The van der Waals surface area contributed by atoms with Crippen LogP contribution in [-0.4, -0.2) is 52.6 Å². The summed E-state index contributed by atoms with van der Waals surface area (Å²) >= 11 is 0. The van der Waals surface area contributed by atoms with E-state index in [1.54, 1.807) is 0 Å². The number of carbonyl (C=O) groups is 2. The van der Waals surface area contributed by atoms with Crippen LogP contribution in [0, 0.1) is 5.41 Å². The van der Waals surface area contributed by atoms with Gasteiger partial charge in [-0.15, -0.1) is 12.4 Å². The topological polar surface area (TPSA) is 104 Å². The lowest BCUT2D eigenvalue weighted by molar-refractivity contribution is -0.134. The molecule has 0 saturated carbocycles. The van der Waals surface area contributed by atoms with Gasteiger partial charge in [-0.3, -0.25) is 14.7 Å². The van der Waals surface area contributed by atoms with Crippen molar-refractivity contribution in [3.05, 3.63) is 30.0 Å². The van der Waals surface area contributed by atoms with E-state index in [9.17, 15) is 9.59 Å². The maximum absolute atomic E-state index is 12.4. The molecular formula is C18H26ClN5O2. The van der Waals surface area contributed by atoms with Crippen molar-refractivity contribution in [2.24, 2.45) is 11.1 Å². The monoisotopic (exact) mass is 379 g/mol. The number of para-hydroxylation sites is 1. The normalized spacial score (nSPS) is 19.0. The van der Waals surface area contributed by atoms with Gasteiger partial charge in [-0.05, 0) is 17.9 Å². The highest BCUT2D eigenvalue weighted by Gasteiger charge is 2.35. The van der Waals surface area contributed by atoms with Gasteiger partial charge in [0.05, 0.1) is 5.52 Å². The van der Waals surface area contributed by atoms with Crippen molar-refractivity contribution in [1.82, 2.24) is 20.4 Å². The van der Waals surface area contributed by atoms with E-state index < -0.39 is 0 Å². The number of aromatic nitrogens is 2.